The first-order chi connectivity index (χ1) is 25.0. The number of hydrogen-bond donors (Lipinski definition) is 0. The van der Waals surface area contributed by atoms with E-state index in [0.29, 0.717) is 0 Å². The van der Waals surface area contributed by atoms with Crippen LogP contribution in [0.25, 0.3) is 20.9 Å². The molecule has 5 rings (SSSR count). The van der Waals surface area contributed by atoms with Gasteiger partial charge in [-0.2, -0.15) is 0 Å². The maximum absolute atomic E-state index is 13.5. The lowest BCUT2D eigenvalue weighted by atomic mass is 9.82. The van der Waals surface area contributed by atoms with Crippen molar-refractivity contribution in [2.75, 3.05) is 20.3 Å². The van der Waals surface area contributed by atoms with E-state index in [-0.39, 0.29) is 31.7 Å². The number of benzene rings is 1. The molecule has 2 bridgehead atoms. The van der Waals surface area contributed by atoms with Crippen molar-refractivity contribution in [2.45, 2.75) is 115 Å². The van der Waals surface area contributed by atoms with Gasteiger partial charge in [0.2, 0.25) is 0 Å². The van der Waals surface area contributed by atoms with Gasteiger partial charge in [-0.05, 0) is 28.5 Å². The molecule has 0 radical (unpaired) electrons. The summed E-state index contributed by atoms with van der Waals surface area (Å²) in [6.45, 7) is 8.06. The Morgan fingerprint density at radius 1 is 0.827 bits per heavy atom. The van der Waals surface area contributed by atoms with Gasteiger partial charge in [-0.3, -0.25) is 9.59 Å². The number of methoxy groups -OCH3 is 1. The SMILES string of the molecule is COC(=O)C1O[C@@H](O[C@@H]2C3CO[C@H](O3)C(N=[N+]=[N-])[C@@H]2OC(C)=O)C(OCc2ccccc2)[C@@H](C)[C@@H]1O[C@H]1OC(COC(C)=O)[C@@H](C)[C@H](C)C1N=[N+]=[N-]. The van der Waals surface area contributed by atoms with E-state index in [2.05, 4.69) is 20.1 Å². The van der Waals surface area contributed by atoms with Crippen molar-refractivity contribution in [3.05, 3.63) is 56.8 Å². The van der Waals surface area contributed by atoms with E-state index in [4.69, 9.17) is 47.4 Å². The van der Waals surface area contributed by atoms with E-state index < -0.39 is 97.5 Å². The summed E-state index contributed by atoms with van der Waals surface area (Å²) in [7, 11) is 1.19. The maximum Gasteiger partial charge on any atom is 0.337 e. The predicted octanol–water partition coefficient (Wildman–Crippen LogP) is 3.48. The molecule has 19 heteroatoms. The molecule has 19 nitrogen and oxygen atoms in total. The number of rotatable bonds is 13. The minimum atomic E-state index is -1.43. The highest BCUT2D eigenvalue weighted by Crippen LogP contribution is 2.41. The molecule has 1 aromatic carbocycles. The summed E-state index contributed by atoms with van der Waals surface area (Å²) in [4.78, 5) is 43.2. The second-order valence-electron chi connectivity index (χ2n) is 13.2. The van der Waals surface area contributed by atoms with Crippen LogP contribution in [-0.4, -0.2) is 112 Å². The molecule has 4 saturated heterocycles. The lowest BCUT2D eigenvalue weighted by molar-refractivity contribution is -0.347. The Morgan fingerprint density at radius 2 is 1.52 bits per heavy atom. The molecule has 15 atom stereocenters. The second-order valence-corrected chi connectivity index (χ2v) is 13.2. The van der Waals surface area contributed by atoms with Gasteiger partial charge in [0.1, 0.15) is 43.2 Å². The molecule has 1 aromatic rings. The van der Waals surface area contributed by atoms with Crippen LogP contribution in [0.2, 0.25) is 0 Å². The number of carbonyl (C=O) groups is 3. The van der Waals surface area contributed by atoms with E-state index in [9.17, 15) is 25.4 Å². The van der Waals surface area contributed by atoms with Crippen LogP contribution in [0.1, 0.15) is 40.2 Å². The van der Waals surface area contributed by atoms with Gasteiger partial charge in [0.05, 0.1) is 32.5 Å². The minimum Gasteiger partial charge on any atom is -0.467 e. The van der Waals surface area contributed by atoms with Crippen LogP contribution in [-0.2, 0) is 68.4 Å². The van der Waals surface area contributed by atoms with Crippen molar-refractivity contribution in [1.29, 1.82) is 0 Å². The van der Waals surface area contributed by atoms with Crippen molar-refractivity contribution in [3.63, 3.8) is 0 Å². The minimum absolute atomic E-state index is 0.0272. The molecule has 0 amide bonds. The van der Waals surface area contributed by atoms with Crippen molar-refractivity contribution < 1.29 is 61.8 Å². The van der Waals surface area contributed by atoms with E-state index in [1.807, 2.05) is 44.2 Å². The zero-order valence-corrected chi connectivity index (χ0v) is 29.7. The normalized spacial score (nSPS) is 38.2. The van der Waals surface area contributed by atoms with Gasteiger partial charge < -0.3 is 47.4 Å². The zero-order chi connectivity index (χ0) is 37.5. The number of carbonyl (C=O) groups excluding carboxylic acids is 3. The van der Waals surface area contributed by atoms with Gasteiger partial charge in [-0.25, -0.2) is 4.79 Å². The zero-order valence-electron chi connectivity index (χ0n) is 29.7. The second kappa shape index (κ2) is 17.7. The number of azide groups is 2. The van der Waals surface area contributed by atoms with Crippen LogP contribution in [0.15, 0.2) is 40.6 Å². The largest absolute Gasteiger partial charge is 0.467 e. The van der Waals surface area contributed by atoms with Gasteiger partial charge in [0, 0.05) is 29.6 Å². The molecule has 0 aliphatic carbocycles. The highest BCUT2D eigenvalue weighted by atomic mass is 16.8. The number of nitrogens with zero attached hydrogens (tertiary/aromatic N) is 6. The van der Waals surface area contributed by atoms with Crippen LogP contribution in [0.5, 0.6) is 0 Å². The summed E-state index contributed by atoms with van der Waals surface area (Å²) < 4.78 is 59.8. The predicted molar refractivity (Wildman–Crippen MR) is 174 cm³/mol. The van der Waals surface area contributed by atoms with Crippen molar-refractivity contribution >= 4 is 17.9 Å². The smallest absolute Gasteiger partial charge is 0.337 e. The first-order valence-electron chi connectivity index (χ1n) is 17.0. The maximum atomic E-state index is 13.5. The fourth-order valence-corrected chi connectivity index (χ4v) is 6.95. The number of ether oxygens (including phenoxy) is 10. The van der Waals surface area contributed by atoms with E-state index in [0.717, 1.165) is 5.56 Å². The molecular weight excluding hydrogens is 688 g/mol. The molecular formula is C33H44N6O13. The molecule has 284 valence electrons. The average Bonchev–Trinajstić information content (AvgIpc) is 3.56. The Kier molecular flexibility index (Phi) is 13.3. The fourth-order valence-electron chi connectivity index (χ4n) is 6.95. The molecule has 4 heterocycles. The number of esters is 3. The van der Waals surface area contributed by atoms with Crippen LogP contribution in [0, 0.1) is 17.8 Å². The first kappa shape index (κ1) is 39.2. The van der Waals surface area contributed by atoms with E-state index in [1.54, 1.807) is 6.92 Å². The summed E-state index contributed by atoms with van der Waals surface area (Å²) in [6.07, 6.45) is -10.6. The molecule has 0 aromatic heterocycles. The molecule has 0 spiro atoms. The quantitative estimate of drug-likeness (QED) is 0.0929. The molecule has 4 aliphatic heterocycles. The van der Waals surface area contributed by atoms with Gasteiger partial charge in [-0.1, -0.05) is 61.3 Å². The molecule has 0 N–H and O–H groups in total. The summed E-state index contributed by atoms with van der Waals surface area (Å²) >= 11 is 0. The average molecular weight is 733 g/mol. The summed E-state index contributed by atoms with van der Waals surface area (Å²) in [6, 6.07) is 7.37. The number of fused-ring (bicyclic) bond motifs is 2. The van der Waals surface area contributed by atoms with Crippen LogP contribution >= 0.6 is 0 Å². The van der Waals surface area contributed by atoms with Crippen molar-refractivity contribution in [3.8, 4) is 0 Å². The molecule has 0 saturated carbocycles. The highest BCUT2D eigenvalue weighted by molar-refractivity contribution is 5.75. The number of hydrogen-bond acceptors (Lipinski definition) is 15. The molecule has 52 heavy (non-hydrogen) atoms. The van der Waals surface area contributed by atoms with Gasteiger partial charge in [0.25, 0.3) is 0 Å². The Hall–Kier alpha value is -4.03. The third-order valence-electron chi connectivity index (χ3n) is 9.89. The van der Waals surface area contributed by atoms with Gasteiger partial charge in [-0.15, -0.1) is 0 Å². The Labute approximate surface area is 299 Å². The van der Waals surface area contributed by atoms with Crippen molar-refractivity contribution in [1.82, 2.24) is 0 Å². The van der Waals surface area contributed by atoms with Crippen LogP contribution in [0.3, 0.4) is 0 Å². The summed E-state index contributed by atoms with van der Waals surface area (Å²) in [5, 5.41) is 7.76. The van der Waals surface area contributed by atoms with Crippen LogP contribution < -0.4 is 0 Å². The van der Waals surface area contributed by atoms with E-state index in [1.165, 1.54) is 21.0 Å². The Bertz CT molecular complexity index is 1510. The Morgan fingerprint density at radius 3 is 2.17 bits per heavy atom. The summed E-state index contributed by atoms with van der Waals surface area (Å²) in [5.41, 5.74) is 19.6. The topological polar surface area (TPSA) is 241 Å². The lowest BCUT2D eigenvalue weighted by Gasteiger charge is -2.49. The standard InChI is InChI=1S/C33H44N6O13/c1-15-16(2)23(36-38-34)32(48-21(15)13-44-18(4)40)50-25-17(3)26(45-12-20-10-8-7-9-11-20)33(52-29(25)30(42)43-6)51-27-22-14-46-31(49-22)24(37-39-35)28(27)47-19(5)41/h7-11,15-17,21-29,31-33H,12-14H2,1-6H3/t15-,16-,17-,21?,22?,23?,24?,25-,26?,27+,28-,29?,31+,32+,33+/m0/s1. The lowest BCUT2D eigenvalue weighted by Crippen LogP contribution is -2.63. The summed E-state index contributed by atoms with van der Waals surface area (Å²) in [5.74, 6) is -3.17. The van der Waals surface area contributed by atoms with Gasteiger partial charge in [0.15, 0.2) is 25.0 Å². The van der Waals surface area contributed by atoms with E-state index >= 15 is 0 Å². The fraction of sp³-hybridized carbons (Fsp3) is 0.727. The monoisotopic (exact) mass is 732 g/mol. The molecule has 6 unspecified atom stereocenters. The third kappa shape index (κ3) is 8.77. The van der Waals surface area contributed by atoms with Gasteiger partial charge >= 0.3 is 17.9 Å². The first-order valence-corrected chi connectivity index (χ1v) is 17.0. The highest BCUT2D eigenvalue weighted by Gasteiger charge is 2.57. The molecule has 4 aliphatic rings. The molecule has 4 fully saturated rings. The third-order valence-corrected chi connectivity index (χ3v) is 9.89. The van der Waals surface area contributed by atoms with Crippen LogP contribution in [0.4, 0.5) is 0 Å². The van der Waals surface area contributed by atoms with Crippen molar-refractivity contribution in [2.24, 2.45) is 28.0 Å². The Balaban J connectivity index is 1.49.